The Morgan fingerprint density at radius 3 is 2.71 bits per heavy atom. The Morgan fingerprint density at radius 2 is 1.90 bits per heavy atom. The number of carbonyl (C=O) groups is 1. The molecule has 156 valence electrons. The van der Waals surface area contributed by atoms with Crippen LogP contribution in [0.25, 0.3) is 10.9 Å². The van der Waals surface area contributed by atoms with Crippen molar-refractivity contribution >= 4 is 34.2 Å². The Balaban J connectivity index is 1.58. The van der Waals surface area contributed by atoms with Gasteiger partial charge < -0.3 is 15.2 Å². The van der Waals surface area contributed by atoms with Gasteiger partial charge in [0.2, 0.25) is 0 Å². The van der Waals surface area contributed by atoms with E-state index in [-0.39, 0.29) is 17.9 Å². The van der Waals surface area contributed by atoms with Crippen LogP contribution >= 0.6 is 11.6 Å². The van der Waals surface area contributed by atoms with Gasteiger partial charge in [0.15, 0.2) is 0 Å². The van der Waals surface area contributed by atoms with Crippen LogP contribution in [0.2, 0.25) is 5.02 Å². The highest BCUT2D eigenvalue weighted by Crippen LogP contribution is 2.38. The molecule has 1 atom stereocenters. The lowest BCUT2D eigenvalue weighted by Gasteiger charge is -2.36. The number of hydrogen-bond acceptors (Lipinski definition) is 1. The van der Waals surface area contributed by atoms with Crippen molar-refractivity contribution in [2.24, 2.45) is 0 Å². The first-order valence-electron chi connectivity index (χ1n) is 10.2. The van der Waals surface area contributed by atoms with Gasteiger partial charge in [-0.05, 0) is 60.4 Å². The molecule has 0 bridgehead atoms. The number of amides is 2. The second kappa shape index (κ2) is 7.75. The zero-order chi connectivity index (χ0) is 21.5. The maximum absolute atomic E-state index is 13.6. The Morgan fingerprint density at radius 1 is 1.13 bits per heavy atom. The lowest BCUT2D eigenvalue weighted by atomic mass is 9.92. The van der Waals surface area contributed by atoms with E-state index in [1.54, 1.807) is 29.2 Å². The first-order valence-corrected chi connectivity index (χ1v) is 10.6. The number of nitrogens with zero attached hydrogens (tertiary/aromatic N) is 1. The predicted molar refractivity (Wildman–Crippen MR) is 122 cm³/mol. The van der Waals surface area contributed by atoms with Crippen LogP contribution < -0.4 is 5.32 Å². The molecule has 3 aromatic carbocycles. The molecule has 0 spiro atoms. The zero-order valence-electron chi connectivity index (χ0n) is 17.0. The van der Waals surface area contributed by atoms with Crippen molar-refractivity contribution < 1.29 is 9.18 Å². The van der Waals surface area contributed by atoms with Crippen LogP contribution in [-0.4, -0.2) is 22.5 Å². The van der Waals surface area contributed by atoms with Crippen molar-refractivity contribution in [2.45, 2.75) is 19.4 Å². The summed E-state index contributed by atoms with van der Waals surface area (Å²) in [5.74, 6) is -0.304. The van der Waals surface area contributed by atoms with E-state index in [1.165, 1.54) is 17.7 Å². The molecule has 0 radical (unpaired) electrons. The lowest BCUT2D eigenvalue weighted by Crippen LogP contribution is -2.43. The van der Waals surface area contributed by atoms with Crippen molar-refractivity contribution in [1.29, 1.82) is 0 Å². The molecule has 2 N–H and O–H groups in total. The van der Waals surface area contributed by atoms with Crippen molar-refractivity contribution in [3.8, 4) is 0 Å². The summed E-state index contributed by atoms with van der Waals surface area (Å²) in [5.41, 5.74) is 5.67. The lowest BCUT2D eigenvalue weighted by molar-refractivity contribution is 0.193. The molecule has 0 fully saturated rings. The maximum atomic E-state index is 13.6. The number of aryl methyl sites for hydroxylation is 1. The minimum atomic E-state index is -0.351. The van der Waals surface area contributed by atoms with Crippen LogP contribution in [0.3, 0.4) is 0 Å². The molecule has 4 aromatic rings. The summed E-state index contributed by atoms with van der Waals surface area (Å²) in [5, 5.41) is 4.74. The Kier molecular flexibility index (Phi) is 4.91. The van der Waals surface area contributed by atoms with Gasteiger partial charge in [0, 0.05) is 33.9 Å². The van der Waals surface area contributed by atoms with Crippen molar-refractivity contribution in [1.82, 2.24) is 9.88 Å². The van der Waals surface area contributed by atoms with Crippen molar-refractivity contribution in [2.75, 3.05) is 11.9 Å². The molecule has 6 heteroatoms. The molecule has 1 aromatic heterocycles. The fourth-order valence-electron chi connectivity index (χ4n) is 4.37. The van der Waals surface area contributed by atoms with Crippen LogP contribution in [0.15, 0.2) is 66.7 Å². The van der Waals surface area contributed by atoms with E-state index in [4.69, 9.17) is 11.6 Å². The van der Waals surface area contributed by atoms with Crippen molar-refractivity contribution in [3.63, 3.8) is 0 Å². The molecule has 5 rings (SSSR count). The molecule has 0 aliphatic carbocycles. The van der Waals surface area contributed by atoms with Gasteiger partial charge in [-0.25, -0.2) is 9.18 Å². The van der Waals surface area contributed by atoms with E-state index in [1.807, 2.05) is 31.2 Å². The smallest absolute Gasteiger partial charge is 0.322 e. The molecule has 2 amide bonds. The van der Waals surface area contributed by atoms with Gasteiger partial charge in [-0.2, -0.15) is 0 Å². The molecule has 0 saturated carbocycles. The molecule has 1 aliphatic heterocycles. The van der Waals surface area contributed by atoms with Gasteiger partial charge in [-0.15, -0.1) is 0 Å². The van der Waals surface area contributed by atoms with Gasteiger partial charge in [0.1, 0.15) is 5.82 Å². The van der Waals surface area contributed by atoms with Crippen LogP contribution in [0.4, 0.5) is 14.9 Å². The van der Waals surface area contributed by atoms with E-state index >= 15 is 0 Å². The van der Waals surface area contributed by atoms with Crippen LogP contribution in [-0.2, 0) is 6.42 Å². The number of H-pyrrole nitrogens is 1. The molecular formula is C25H21ClFN3O. The maximum Gasteiger partial charge on any atom is 0.322 e. The van der Waals surface area contributed by atoms with E-state index in [9.17, 15) is 9.18 Å². The SMILES string of the molecule is Cc1ccc(Cl)cc1NC(=O)N1CCc2c([nH]c3ccccc23)[C@H]1c1ccc(F)cc1. The van der Waals surface area contributed by atoms with Gasteiger partial charge >= 0.3 is 6.03 Å². The molecule has 0 unspecified atom stereocenters. The van der Waals surface area contributed by atoms with Gasteiger partial charge in [0.05, 0.1) is 6.04 Å². The third-order valence-electron chi connectivity index (χ3n) is 5.92. The highest BCUT2D eigenvalue weighted by molar-refractivity contribution is 6.31. The fraction of sp³-hybridized carbons (Fsp3) is 0.160. The Bertz CT molecular complexity index is 1280. The molecule has 2 heterocycles. The summed E-state index contributed by atoms with van der Waals surface area (Å²) in [6.07, 6.45) is 0.735. The van der Waals surface area contributed by atoms with E-state index < -0.39 is 0 Å². The second-order valence-corrected chi connectivity index (χ2v) is 8.29. The minimum Gasteiger partial charge on any atom is -0.356 e. The number of anilines is 1. The number of aromatic nitrogens is 1. The second-order valence-electron chi connectivity index (χ2n) is 7.85. The Labute approximate surface area is 184 Å². The topological polar surface area (TPSA) is 48.1 Å². The highest BCUT2D eigenvalue weighted by atomic mass is 35.5. The summed E-state index contributed by atoms with van der Waals surface area (Å²) in [6.45, 7) is 2.47. The quantitative estimate of drug-likeness (QED) is 0.375. The fourth-order valence-corrected chi connectivity index (χ4v) is 4.54. The van der Waals surface area contributed by atoms with Crippen LogP contribution in [0, 0.1) is 12.7 Å². The number of carbonyl (C=O) groups excluding carboxylic acids is 1. The van der Waals surface area contributed by atoms with Crippen LogP contribution in [0.1, 0.15) is 28.4 Å². The average molecular weight is 434 g/mol. The monoisotopic (exact) mass is 433 g/mol. The summed E-state index contributed by atoms with van der Waals surface area (Å²) < 4.78 is 13.6. The predicted octanol–water partition coefficient (Wildman–Crippen LogP) is 6.45. The zero-order valence-corrected chi connectivity index (χ0v) is 17.7. The number of aromatic amines is 1. The summed E-state index contributed by atoms with van der Waals surface area (Å²) in [7, 11) is 0. The highest BCUT2D eigenvalue weighted by Gasteiger charge is 2.34. The standard InChI is InChI=1S/C25H21ClFN3O/c1-15-6-9-17(26)14-22(15)29-25(31)30-13-12-20-19-4-2-3-5-21(19)28-23(20)24(30)16-7-10-18(27)11-8-16/h2-11,14,24,28H,12-13H2,1H3,(H,29,31)/t24-/m1/s1. The number of urea groups is 1. The number of nitrogens with one attached hydrogen (secondary N) is 2. The summed E-state index contributed by atoms with van der Waals surface area (Å²) in [6, 6.07) is 19.3. The largest absolute Gasteiger partial charge is 0.356 e. The average Bonchev–Trinajstić information content (AvgIpc) is 3.15. The van der Waals surface area contributed by atoms with Crippen LogP contribution in [0.5, 0.6) is 0 Å². The first-order chi connectivity index (χ1) is 15.0. The van der Waals surface area contributed by atoms with E-state index in [0.717, 1.165) is 34.1 Å². The molecule has 31 heavy (non-hydrogen) atoms. The number of benzene rings is 3. The third-order valence-corrected chi connectivity index (χ3v) is 6.16. The van der Waals surface area contributed by atoms with E-state index in [2.05, 4.69) is 16.4 Å². The first kappa shape index (κ1) is 19.6. The number of fused-ring (bicyclic) bond motifs is 3. The van der Waals surface area contributed by atoms with Gasteiger partial charge in [-0.3, -0.25) is 0 Å². The number of rotatable bonds is 2. The van der Waals surface area contributed by atoms with Crippen molar-refractivity contribution in [3.05, 3.63) is 100.0 Å². The molecule has 4 nitrogen and oxygen atoms in total. The third kappa shape index (κ3) is 3.55. The summed E-state index contributed by atoms with van der Waals surface area (Å²) >= 11 is 6.13. The van der Waals surface area contributed by atoms with Gasteiger partial charge in [0.25, 0.3) is 0 Å². The minimum absolute atomic E-state index is 0.219. The van der Waals surface area contributed by atoms with E-state index in [0.29, 0.717) is 17.3 Å². The Hall–Kier alpha value is -3.31. The molecule has 0 saturated heterocycles. The normalized spacial score (nSPS) is 15.7. The number of halogens is 2. The van der Waals surface area contributed by atoms with Gasteiger partial charge in [-0.1, -0.05) is 48.0 Å². The summed E-state index contributed by atoms with van der Waals surface area (Å²) in [4.78, 5) is 18.7. The number of para-hydroxylation sites is 1. The number of hydrogen-bond donors (Lipinski definition) is 2. The molecule has 1 aliphatic rings. The molecular weight excluding hydrogens is 413 g/mol.